The van der Waals surface area contributed by atoms with E-state index in [9.17, 15) is 44.6 Å². The first-order valence-corrected chi connectivity index (χ1v) is 8.89. The van der Waals surface area contributed by atoms with Gasteiger partial charge in [-0.2, -0.15) is 39.5 Å². The monoisotopic (exact) mass is 460 g/mol. The fourth-order valence-corrected chi connectivity index (χ4v) is 2.64. The van der Waals surface area contributed by atoms with Crippen LogP contribution >= 0.6 is 0 Å². The first-order chi connectivity index (χ1) is 14.2. The van der Waals surface area contributed by atoms with Crippen LogP contribution in [0.25, 0.3) is 11.3 Å². The van der Waals surface area contributed by atoms with Crippen LogP contribution in [0.4, 0.5) is 39.5 Å². The number of aliphatic hydroxyl groups excluding tert-OH is 1. The summed E-state index contributed by atoms with van der Waals surface area (Å²) in [6.45, 7) is -0.453. The largest absolute Gasteiger partial charge is 0.433 e. The molecule has 0 aliphatic rings. The van der Waals surface area contributed by atoms with Gasteiger partial charge in [0.2, 0.25) is 0 Å². The molecule has 0 saturated carbocycles. The molecule has 12 heteroatoms. The molecule has 0 aliphatic carbocycles. The van der Waals surface area contributed by atoms with Gasteiger partial charge in [0.05, 0.1) is 17.4 Å². The van der Waals surface area contributed by atoms with Crippen LogP contribution < -0.4 is 5.32 Å². The van der Waals surface area contributed by atoms with Gasteiger partial charge >= 0.3 is 18.5 Å². The van der Waals surface area contributed by atoms with Crippen LogP contribution in [0, 0.1) is 0 Å². The van der Waals surface area contributed by atoms with Crippen LogP contribution in [-0.2, 0) is 12.4 Å². The Kier molecular flexibility index (Phi) is 7.58. The summed E-state index contributed by atoms with van der Waals surface area (Å²) in [5.74, 6) is 0. The SMILES string of the molecule is O[C@H](CNCCCC(F)(F)F)c1cc(-c2ccc(C(F)(F)F)cc2)nc(C(F)(F)F)c1. The summed E-state index contributed by atoms with van der Waals surface area (Å²) in [5.41, 5.74) is -2.94. The second kappa shape index (κ2) is 9.43. The molecule has 0 radical (unpaired) electrons. The van der Waals surface area contributed by atoms with E-state index in [-0.39, 0.29) is 36.3 Å². The highest BCUT2D eigenvalue weighted by atomic mass is 19.4. The molecule has 1 aromatic heterocycles. The molecule has 1 atom stereocenters. The van der Waals surface area contributed by atoms with Crippen molar-refractivity contribution in [2.75, 3.05) is 13.1 Å². The zero-order valence-electron chi connectivity index (χ0n) is 15.7. The molecule has 172 valence electrons. The Labute approximate surface area is 170 Å². The van der Waals surface area contributed by atoms with Gasteiger partial charge in [-0.1, -0.05) is 12.1 Å². The quantitative estimate of drug-likeness (QED) is 0.409. The molecule has 0 fully saturated rings. The van der Waals surface area contributed by atoms with Crippen LogP contribution in [0.1, 0.15) is 35.8 Å². The summed E-state index contributed by atoms with van der Waals surface area (Å²) in [5, 5.41) is 12.7. The highest BCUT2D eigenvalue weighted by molar-refractivity contribution is 5.61. The standard InChI is InChI=1S/C19H17F9N2O/c20-17(21,22)6-1-7-29-10-15(31)12-8-14(30-16(9-12)19(26,27)28)11-2-4-13(5-3-11)18(23,24)25/h2-5,8-9,15,29,31H,1,6-7,10H2/t15-/m1/s1. The molecule has 0 amide bonds. The highest BCUT2D eigenvalue weighted by Crippen LogP contribution is 2.34. The number of nitrogens with zero attached hydrogens (tertiary/aromatic N) is 1. The second-order valence-corrected chi connectivity index (χ2v) is 6.68. The van der Waals surface area contributed by atoms with Gasteiger partial charge in [0.25, 0.3) is 0 Å². The minimum absolute atomic E-state index is 0.0364. The molecular weight excluding hydrogens is 443 g/mol. The van der Waals surface area contributed by atoms with Gasteiger partial charge in [0.1, 0.15) is 5.69 Å². The summed E-state index contributed by atoms with van der Waals surface area (Å²) in [7, 11) is 0. The lowest BCUT2D eigenvalue weighted by Crippen LogP contribution is -2.24. The molecular formula is C19H17F9N2O. The van der Waals surface area contributed by atoms with E-state index in [1.54, 1.807) is 0 Å². The van der Waals surface area contributed by atoms with Gasteiger partial charge in [-0.05, 0) is 42.8 Å². The Balaban J connectivity index is 2.22. The molecule has 0 bridgehead atoms. The van der Waals surface area contributed by atoms with Crippen LogP contribution in [0.3, 0.4) is 0 Å². The van der Waals surface area contributed by atoms with E-state index in [0.717, 1.165) is 18.2 Å². The molecule has 2 aromatic rings. The lowest BCUT2D eigenvalue weighted by Gasteiger charge is -2.16. The van der Waals surface area contributed by atoms with Crippen LogP contribution in [0.15, 0.2) is 36.4 Å². The lowest BCUT2D eigenvalue weighted by molar-refractivity contribution is -0.141. The van der Waals surface area contributed by atoms with E-state index >= 15 is 0 Å². The van der Waals surface area contributed by atoms with Gasteiger partial charge in [-0.15, -0.1) is 0 Å². The third kappa shape index (κ3) is 7.69. The van der Waals surface area contributed by atoms with Crippen molar-refractivity contribution in [3.63, 3.8) is 0 Å². The van der Waals surface area contributed by atoms with Gasteiger partial charge in [-0.3, -0.25) is 0 Å². The Morgan fingerprint density at radius 1 is 0.871 bits per heavy atom. The van der Waals surface area contributed by atoms with Crippen molar-refractivity contribution < 1.29 is 44.6 Å². The maximum atomic E-state index is 13.2. The van der Waals surface area contributed by atoms with E-state index in [1.807, 2.05) is 0 Å². The summed E-state index contributed by atoms with van der Waals surface area (Å²) < 4.78 is 114. The number of benzene rings is 1. The van der Waals surface area contributed by atoms with Crippen molar-refractivity contribution in [2.45, 2.75) is 37.5 Å². The first kappa shape index (κ1) is 24.9. The summed E-state index contributed by atoms with van der Waals surface area (Å²) in [4.78, 5) is 3.42. The van der Waals surface area contributed by atoms with E-state index in [0.29, 0.717) is 18.2 Å². The molecule has 31 heavy (non-hydrogen) atoms. The number of hydrogen-bond donors (Lipinski definition) is 2. The van der Waals surface area contributed by atoms with Crippen LogP contribution in [0.5, 0.6) is 0 Å². The van der Waals surface area contributed by atoms with Gasteiger partial charge in [-0.25, -0.2) is 4.98 Å². The fourth-order valence-electron chi connectivity index (χ4n) is 2.64. The number of hydrogen-bond acceptors (Lipinski definition) is 3. The van der Waals surface area contributed by atoms with E-state index < -0.39 is 42.3 Å². The van der Waals surface area contributed by atoms with E-state index in [2.05, 4.69) is 10.3 Å². The zero-order valence-corrected chi connectivity index (χ0v) is 15.7. The first-order valence-electron chi connectivity index (χ1n) is 8.89. The maximum Gasteiger partial charge on any atom is 0.433 e. The van der Waals surface area contributed by atoms with Crippen LogP contribution in [-0.4, -0.2) is 29.4 Å². The molecule has 2 N–H and O–H groups in total. The third-order valence-electron chi connectivity index (χ3n) is 4.18. The van der Waals surface area contributed by atoms with E-state index in [1.165, 1.54) is 0 Å². The molecule has 1 heterocycles. The number of nitrogens with one attached hydrogen (secondary N) is 1. The normalized spacial score (nSPS) is 14.0. The molecule has 0 spiro atoms. The van der Waals surface area contributed by atoms with Crippen molar-refractivity contribution in [1.82, 2.24) is 10.3 Å². The van der Waals surface area contributed by atoms with E-state index in [4.69, 9.17) is 0 Å². The second-order valence-electron chi connectivity index (χ2n) is 6.68. The minimum atomic E-state index is -4.89. The van der Waals surface area contributed by atoms with Crippen molar-refractivity contribution in [2.24, 2.45) is 0 Å². The van der Waals surface area contributed by atoms with Crippen LogP contribution in [0.2, 0.25) is 0 Å². The van der Waals surface area contributed by atoms with Gasteiger partial charge in [0, 0.05) is 18.5 Å². The molecule has 0 saturated heterocycles. The smallest absolute Gasteiger partial charge is 0.387 e. The summed E-state index contributed by atoms with van der Waals surface area (Å²) in [6, 6.07) is 4.95. The molecule has 0 unspecified atom stereocenters. The Morgan fingerprint density at radius 3 is 2.00 bits per heavy atom. The molecule has 3 nitrogen and oxygen atoms in total. The molecule has 2 rings (SSSR count). The summed E-state index contributed by atoms with van der Waals surface area (Å²) >= 11 is 0. The fraction of sp³-hybridized carbons (Fsp3) is 0.421. The lowest BCUT2D eigenvalue weighted by atomic mass is 10.0. The summed E-state index contributed by atoms with van der Waals surface area (Å²) in [6.07, 6.45) is -16.7. The number of halogens is 9. The predicted octanol–water partition coefficient (Wildman–Crippen LogP) is 5.75. The average Bonchev–Trinajstić information content (AvgIpc) is 2.65. The zero-order chi connectivity index (χ0) is 23.4. The average molecular weight is 460 g/mol. The van der Waals surface area contributed by atoms with Crippen molar-refractivity contribution in [1.29, 1.82) is 0 Å². The highest BCUT2D eigenvalue weighted by Gasteiger charge is 2.34. The third-order valence-corrected chi connectivity index (χ3v) is 4.18. The Morgan fingerprint density at radius 2 is 1.48 bits per heavy atom. The Hall–Kier alpha value is -2.34. The maximum absolute atomic E-state index is 13.2. The molecule has 0 aliphatic heterocycles. The number of rotatable bonds is 7. The number of pyridine rings is 1. The van der Waals surface area contributed by atoms with Gasteiger partial charge < -0.3 is 10.4 Å². The number of aromatic nitrogens is 1. The Bertz CT molecular complexity index is 859. The van der Waals surface area contributed by atoms with Crippen molar-refractivity contribution >= 4 is 0 Å². The number of aliphatic hydroxyl groups is 1. The number of alkyl halides is 9. The topological polar surface area (TPSA) is 45.1 Å². The van der Waals surface area contributed by atoms with Crippen molar-refractivity contribution in [3.8, 4) is 11.3 Å². The van der Waals surface area contributed by atoms with Crippen molar-refractivity contribution in [3.05, 3.63) is 53.2 Å². The molecule has 1 aromatic carbocycles. The van der Waals surface area contributed by atoms with Gasteiger partial charge in [0.15, 0.2) is 0 Å². The predicted molar refractivity (Wildman–Crippen MR) is 92.8 cm³/mol. The minimum Gasteiger partial charge on any atom is -0.387 e.